The van der Waals surface area contributed by atoms with Crippen LogP contribution in [0.3, 0.4) is 0 Å². The molecule has 0 amide bonds. The van der Waals surface area contributed by atoms with Crippen LogP contribution < -0.4 is 5.73 Å². The molecule has 0 fully saturated rings. The summed E-state index contributed by atoms with van der Waals surface area (Å²) >= 11 is 0. The van der Waals surface area contributed by atoms with Gasteiger partial charge in [-0.1, -0.05) is 38.5 Å². The van der Waals surface area contributed by atoms with Crippen LogP contribution in [0.4, 0.5) is 0 Å². The molecule has 3 heteroatoms. The van der Waals surface area contributed by atoms with Crippen molar-refractivity contribution in [3.05, 3.63) is 18.0 Å². The van der Waals surface area contributed by atoms with Crippen LogP contribution in [0, 0.1) is 0 Å². The van der Waals surface area contributed by atoms with Gasteiger partial charge in [-0.25, -0.2) is 0 Å². The number of rotatable bonds is 10. The Kier molecular flexibility index (Phi) is 7.72. The van der Waals surface area contributed by atoms with E-state index in [1.807, 2.05) is 17.9 Å². The van der Waals surface area contributed by atoms with E-state index in [4.69, 9.17) is 5.73 Å². The van der Waals surface area contributed by atoms with Gasteiger partial charge in [0.25, 0.3) is 0 Å². The minimum atomic E-state index is 0.852. The van der Waals surface area contributed by atoms with Gasteiger partial charge < -0.3 is 5.73 Å². The monoisotopic (exact) mass is 237 g/mol. The van der Waals surface area contributed by atoms with E-state index in [1.165, 1.54) is 63.4 Å². The molecule has 0 saturated heterocycles. The van der Waals surface area contributed by atoms with Gasteiger partial charge in [0.05, 0.1) is 6.20 Å². The SMILES string of the molecule is Cn1cc(CCCCCCCCCCN)cn1. The van der Waals surface area contributed by atoms with E-state index in [1.54, 1.807) is 0 Å². The first-order valence-corrected chi connectivity index (χ1v) is 7.00. The molecular formula is C14H27N3. The molecule has 0 aliphatic rings. The standard InChI is InChI=1S/C14H27N3/c1-17-13-14(12-16-17)10-8-6-4-2-3-5-7-9-11-15/h12-13H,2-11,15H2,1H3. The van der Waals surface area contributed by atoms with Gasteiger partial charge >= 0.3 is 0 Å². The third kappa shape index (κ3) is 7.16. The van der Waals surface area contributed by atoms with Crippen LogP contribution in [0.5, 0.6) is 0 Å². The van der Waals surface area contributed by atoms with Crippen LogP contribution in [0.25, 0.3) is 0 Å². The van der Waals surface area contributed by atoms with E-state index in [0.29, 0.717) is 0 Å². The average molecular weight is 237 g/mol. The van der Waals surface area contributed by atoms with Crippen LogP contribution in [0.1, 0.15) is 56.9 Å². The normalized spacial score (nSPS) is 10.9. The molecular weight excluding hydrogens is 210 g/mol. The van der Waals surface area contributed by atoms with Crippen molar-refractivity contribution in [1.29, 1.82) is 0 Å². The van der Waals surface area contributed by atoms with Crippen molar-refractivity contribution >= 4 is 0 Å². The Morgan fingerprint density at radius 1 is 1.00 bits per heavy atom. The molecule has 1 aromatic heterocycles. The number of aryl methyl sites for hydroxylation is 2. The van der Waals surface area contributed by atoms with Gasteiger partial charge in [-0.15, -0.1) is 0 Å². The van der Waals surface area contributed by atoms with Crippen molar-refractivity contribution in [3.63, 3.8) is 0 Å². The summed E-state index contributed by atoms with van der Waals surface area (Å²) in [4.78, 5) is 0. The minimum absolute atomic E-state index is 0.852. The Balaban J connectivity index is 1.84. The predicted molar refractivity (Wildman–Crippen MR) is 72.9 cm³/mol. The van der Waals surface area contributed by atoms with E-state index in [2.05, 4.69) is 11.3 Å². The fraction of sp³-hybridized carbons (Fsp3) is 0.786. The largest absolute Gasteiger partial charge is 0.330 e. The second-order valence-electron chi connectivity index (χ2n) is 4.89. The third-order valence-corrected chi connectivity index (χ3v) is 3.18. The molecule has 0 spiro atoms. The topological polar surface area (TPSA) is 43.8 Å². The van der Waals surface area contributed by atoms with E-state index in [-0.39, 0.29) is 0 Å². The lowest BCUT2D eigenvalue weighted by atomic mass is 10.1. The summed E-state index contributed by atoms with van der Waals surface area (Å²) in [5.41, 5.74) is 6.83. The molecule has 1 heterocycles. The van der Waals surface area contributed by atoms with Gasteiger partial charge in [0.2, 0.25) is 0 Å². The molecule has 1 rings (SSSR count). The first kappa shape index (κ1) is 14.2. The summed E-state index contributed by atoms with van der Waals surface area (Å²) in [5, 5.41) is 4.18. The highest BCUT2D eigenvalue weighted by Gasteiger charge is 1.96. The molecule has 1 aromatic rings. The second-order valence-corrected chi connectivity index (χ2v) is 4.89. The lowest BCUT2D eigenvalue weighted by Gasteiger charge is -2.01. The highest BCUT2D eigenvalue weighted by Crippen LogP contribution is 2.10. The van der Waals surface area contributed by atoms with Crippen molar-refractivity contribution in [2.24, 2.45) is 12.8 Å². The zero-order valence-electron chi connectivity index (χ0n) is 11.2. The molecule has 0 saturated carbocycles. The van der Waals surface area contributed by atoms with Crippen LogP contribution in [-0.4, -0.2) is 16.3 Å². The predicted octanol–water partition coefficient (Wildman–Crippen LogP) is 3.04. The van der Waals surface area contributed by atoms with Crippen LogP contribution in [0.15, 0.2) is 12.4 Å². The van der Waals surface area contributed by atoms with Gasteiger partial charge in [0, 0.05) is 13.2 Å². The number of hydrogen-bond acceptors (Lipinski definition) is 2. The highest BCUT2D eigenvalue weighted by molar-refractivity contribution is 5.03. The third-order valence-electron chi connectivity index (χ3n) is 3.18. The summed E-state index contributed by atoms with van der Waals surface area (Å²) < 4.78 is 1.88. The number of nitrogens with two attached hydrogens (primary N) is 1. The van der Waals surface area contributed by atoms with Gasteiger partial charge in [-0.05, 0) is 31.4 Å². The van der Waals surface area contributed by atoms with Gasteiger partial charge in [0.15, 0.2) is 0 Å². The molecule has 2 N–H and O–H groups in total. The number of aromatic nitrogens is 2. The Morgan fingerprint density at radius 3 is 2.12 bits per heavy atom. The molecule has 98 valence electrons. The molecule has 0 unspecified atom stereocenters. The lowest BCUT2D eigenvalue weighted by Crippen LogP contribution is -1.97. The van der Waals surface area contributed by atoms with Gasteiger partial charge in [-0.2, -0.15) is 5.10 Å². The maximum Gasteiger partial charge on any atom is 0.0521 e. The first-order valence-electron chi connectivity index (χ1n) is 7.00. The summed E-state index contributed by atoms with van der Waals surface area (Å²) in [6.45, 7) is 0.852. The fourth-order valence-electron chi connectivity index (χ4n) is 2.14. The maximum atomic E-state index is 5.46. The summed E-state index contributed by atoms with van der Waals surface area (Å²) in [5.74, 6) is 0. The Bertz CT molecular complexity index is 281. The highest BCUT2D eigenvalue weighted by atomic mass is 15.2. The summed E-state index contributed by atoms with van der Waals surface area (Å²) in [7, 11) is 1.98. The van der Waals surface area contributed by atoms with E-state index < -0.39 is 0 Å². The molecule has 0 atom stereocenters. The van der Waals surface area contributed by atoms with E-state index >= 15 is 0 Å². The van der Waals surface area contributed by atoms with Crippen molar-refractivity contribution < 1.29 is 0 Å². The van der Waals surface area contributed by atoms with Gasteiger partial charge in [-0.3, -0.25) is 4.68 Å². The molecule has 0 radical (unpaired) electrons. The van der Waals surface area contributed by atoms with Crippen LogP contribution in [-0.2, 0) is 13.5 Å². The van der Waals surface area contributed by atoms with Crippen molar-refractivity contribution in [1.82, 2.24) is 9.78 Å². The van der Waals surface area contributed by atoms with Crippen molar-refractivity contribution in [2.75, 3.05) is 6.54 Å². The number of hydrogen-bond donors (Lipinski definition) is 1. The molecule has 0 bridgehead atoms. The zero-order valence-corrected chi connectivity index (χ0v) is 11.2. The van der Waals surface area contributed by atoms with Crippen LogP contribution in [0.2, 0.25) is 0 Å². The molecule has 3 nitrogen and oxygen atoms in total. The van der Waals surface area contributed by atoms with E-state index in [9.17, 15) is 0 Å². The fourth-order valence-corrected chi connectivity index (χ4v) is 2.14. The Morgan fingerprint density at radius 2 is 1.59 bits per heavy atom. The summed E-state index contributed by atoms with van der Waals surface area (Å²) in [6, 6.07) is 0. The van der Waals surface area contributed by atoms with Crippen molar-refractivity contribution in [2.45, 2.75) is 57.8 Å². The average Bonchev–Trinajstić information content (AvgIpc) is 2.73. The molecule has 0 aliphatic heterocycles. The minimum Gasteiger partial charge on any atom is -0.330 e. The smallest absolute Gasteiger partial charge is 0.0521 e. The zero-order chi connectivity index (χ0) is 12.3. The maximum absolute atomic E-state index is 5.46. The lowest BCUT2D eigenvalue weighted by molar-refractivity contribution is 0.570. The number of nitrogens with zero attached hydrogens (tertiary/aromatic N) is 2. The second kappa shape index (κ2) is 9.23. The first-order chi connectivity index (χ1) is 8.33. The number of unbranched alkanes of at least 4 members (excludes halogenated alkanes) is 7. The summed E-state index contributed by atoms with van der Waals surface area (Å²) in [6.07, 6.45) is 15.9. The molecule has 0 aliphatic carbocycles. The van der Waals surface area contributed by atoms with Crippen LogP contribution >= 0.6 is 0 Å². The van der Waals surface area contributed by atoms with Gasteiger partial charge in [0.1, 0.15) is 0 Å². The molecule has 0 aromatic carbocycles. The van der Waals surface area contributed by atoms with E-state index in [0.717, 1.165) is 6.54 Å². The molecule has 17 heavy (non-hydrogen) atoms. The Labute approximate surface area is 105 Å². The Hall–Kier alpha value is -0.830. The van der Waals surface area contributed by atoms with Crippen molar-refractivity contribution in [3.8, 4) is 0 Å². The quantitative estimate of drug-likeness (QED) is 0.636.